The topological polar surface area (TPSA) is 86.8 Å². The molecule has 0 aliphatic rings. The van der Waals surface area contributed by atoms with E-state index in [9.17, 15) is 18.0 Å². The van der Waals surface area contributed by atoms with Crippen LogP contribution < -0.4 is 9.62 Å². The van der Waals surface area contributed by atoms with Crippen LogP contribution in [0.5, 0.6) is 0 Å². The first-order chi connectivity index (χ1) is 15.8. The molecule has 0 aliphatic carbocycles. The molecule has 0 spiro atoms. The number of rotatable bonds is 10. The first-order valence-corrected chi connectivity index (χ1v) is 13.5. The van der Waals surface area contributed by atoms with Crippen molar-refractivity contribution in [1.29, 1.82) is 0 Å². The third kappa shape index (κ3) is 7.61. The van der Waals surface area contributed by atoms with Gasteiger partial charge in [-0.2, -0.15) is 0 Å². The maximum absolute atomic E-state index is 13.6. The predicted molar refractivity (Wildman–Crippen MR) is 138 cm³/mol. The summed E-state index contributed by atoms with van der Waals surface area (Å²) >= 11 is 12.0. The fraction of sp³-hybridized carbons (Fsp3) is 0.417. The van der Waals surface area contributed by atoms with Gasteiger partial charge in [0.25, 0.3) is 0 Å². The molecule has 0 fully saturated rings. The van der Waals surface area contributed by atoms with E-state index in [4.69, 9.17) is 23.2 Å². The van der Waals surface area contributed by atoms with E-state index < -0.39 is 28.5 Å². The maximum Gasteiger partial charge on any atom is 0.244 e. The lowest BCUT2D eigenvalue weighted by Crippen LogP contribution is -2.53. The third-order valence-corrected chi connectivity index (χ3v) is 6.80. The number of anilines is 1. The molecule has 1 atom stereocenters. The van der Waals surface area contributed by atoms with Crippen LogP contribution in [0.25, 0.3) is 0 Å². The number of halogens is 2. The van der Waals surface area contributed by atoms with E-state index >= 15 is 0 Å². The maximum atomic E-state index is 13.6. The highest BCUT2D eigenvalue weighted by Crippen LogP contribution is 2.26. The summed E-state index contributed by atoms with van der Waals surface area (Å²) in [5.74, 6) is -0.797. The molecule has 0 heterocycles. The lowest BCUT2D eigenvalue weighted by molar-refractivity contribution is -0.140. The number of hydrogen-bond acceptors (Lipinski definition) is 4. The molecule has 10 heteroatoms. The van der Waals surface area contributed by atoms with Crippen LogP contribution in [-0.2, 0) is 26.2 Å². The number of carbonyl (C=O) groups is 2. The van der Waals surface area contributed by atoms with E-state index in [2.05, 4.69) is 5.32 Å². The molecule has 0 radical (unpaired) electrons. The van der Waals surface area contributed by atoms with Crippen molar-refractivity contribution in [2.24, 2.45) is 0 Å². The van der Waals surface area contributed by atoms with Gasteiger partial charge in [0, 0.05) is 22.6 Å². The van der Waals surface area contributed by atoms with Crippen molar-refractivity contribution in [3.63, 3.8) is 0 Å². The number of aryl methyl sites for hydroxylation is 1. The SMILES string of the molecule is CCC(C(=O)NC(C)C)N(Cc1ccc(Cl)cc1)C(=O)CN(c1ccc(Cl)cc1C)S(C)(=O)=O. The minimum Gasteiger partial charge on any atom is -0.352 e. The van der Waals surface area contributed by atoms with Crippen LogP contribution in [0.1, 0.15) is 38.3 Å². The van der Waals surface area contributed by atoms with Crippen molar-refractivity contribution < 1.29 is 18.0 Å². The minimum absolute atomic E-state index is 0.113. The highest BCUT2D eigenvalue weighted by molar-refractivity contribution is 7.92. The van der Waals surface area contributed by atoms with E-state index in [1.807, 2.05) is 20.8 Å². The summed E-state index contributed by atoms with van der Waals surface area (Å²) in [6.45, 7) is 6.87. The lowest BCUT2D eigenvalue weighted by atomic mass is 10.1. The van der Waals surface area contributed by atoms with Gasteiger partial charge in [-0.1, -0.05) is 42.3 Å². The van der Waals surface area contributed by atoms with Crippen LogP contribution in [0.2, 0.25) is 10.0 Å². The molecule has 0 aromatic heterocycles. The Labute approximate surface area is 212 Å². The Kier molecular flexibility index (Phi) is 9.79. The summed E-state index contributed by atoms with van der Waals surface area (Å²) in [5, 5.41) is 3.86. The van der Waals surface area contributed by atoms with Crippen molar-refractivity contribution in [3.8, 4) is 0 Å². The summed E-state index contributed by atoms with van der Waals surface area (Å²) in [7, 11) is -3.81. The van der Waals surface area contributed by atoms with E-state index in [1.54, 1.807) is 49.4 Å². The second-order valence-corrected chi connectivity index (χ2v) is 11.2. The van der Waals surface area contributed by atoms with Gasteiger partial charge in [0.1, 0.15) is 12.6 Å². The van der Waals surface area contributed by atoms with E-state index in [1.165, 1.54) is 4.90 Å². The average molecular weight is 529 g/mol. The molecule has 0 saturated carbocycles. The summed E-state index contributed by atoms with van der Waals surface area (Å²) in [6, 6.07) is 10.8. The van der Waals surface area contributed by atoms with Crippen LogP contribution in [0.15, 0.2) is 42.5 Å². The number of benzene rings is 2. The van der Waals surface area contributed by atoms with Gasteiger partial charge in [-0.3, -0.25) is 13.9 Å². The fourth-order valence-corrected chi connectivity index (χ4v) is 4.84. The normalized spacial score (nSPS) is 12.4. The molecule has 2 aromatic rings. The van der Waals surface area contributed by atoms with Crippen molar-refractivity contribution in [3.05, 3.63) is 63.6 Å². The first-order valence-electron chi connectivity index (χ1n) is 10.9. The van der Waals surface area contributed by atoms with Crippen LogP contribution in [-0.4, -0.2) is 50.0 Å². The minimum atomic E-state index is -3.81. The highest BCUT2D eigenvalue weighted by atomic mass is 35.5. The number of carbonyl (C=O) groups excluding carboxylic acids is 2. The van der Waals surface area contributed by atoms with Crippen molar-refractivity contribution in [2.75, 3.05) is 17.1 Å². The molecule has 186 valence electrons. The van der Waals surface area contributed by atoms with E-state index in [0.29, 0.717) is 27.7 Å². The van der Waals surface area contributed by atoms with Gasteiger partial charge in [0.15, 0.2) is 0 Å². The molecule has 7 nitrogen and oxygen atoms in total. The Morgan fingerprint density at radius 1 is 1.03 bits per heavy atom. The van der Waals surface area contributed by atoms with Gasteiger partial charge in [0.05, 0.1) is 11.9 Å². The molecule has 0 aliphatic heterocycles. The molecule has 1 unspecified atom stereocenters. The Hall–Kier alpha value is -2.29. The van der Waals surface area contributed by atoms with Crippen molar-refractivity contribution >= 4 is 50.7 Å². The second-order valence-electron chi connectivity index (χ2n) is 8.44. The summed E-state index contributed by atoms with van der Waals surface area (Å²) in [4.78, 5) is 28.0. The number of amides is 2. The Balaban J connectivity index is 2.46. The Morgan fingerprint density at radius 2 is 1.62 bits per heavy atom. The predicted octanol–water partition coefficient (Wildman–Crippen LogP) is 4.40. The largest absolute Gasteiger partial charge is 0.352 e. The fourth-order valence-electron chi connectivity index (χ4n) is 3.58. The van der Waals surface area contributed by atoms with Crippen LogP contribution in [0.3, 0.4) is 0 Å². The number of nitrogens with one attached hydrogen (secondary N) is 1. The van der Waals surface area contributed by atoms with Crippen molar-refractivity contribution in [1.82, 2.24) is 10.2 Å². The summed E-state index contributed by atoms with van der Waals surface area (Å²) in [6.07, 6.45) is 1.40. The molecule has 1 N–H and O–H groups in total. The zero-order valence-electron chi connectivity index (χ0n) is 20.0. The van der Waals surface area contributed by atoms with Gasteiger partial charge in [0.2, 0.25) is 21.8 Å². The molecule has 2 rings (SSSR count). The Morgan fingerprint density at radius 3 is 2.12 bits per heavy atom. The van der Waals surface area contributed by atoms with Gasteiger partial charge < -0.3 is 10.2 Å². The molecule has 2 amide bonds. The zero-order chi connectivity index (χ0) is 25.6. The number of hydrogen-bond donors (Lipinski definition) is 1. The van der Waals surface area contributed by atoms with Gasteiger partial charge in [-0.25, -0.2) is 8.42 Å². The molecule has 2 aromatic carbocycles. The molecule has 0 bridgehead atoms. The molecule has 34 heavy (non-hydrogen) atoms. The summed E-state index contributed by atoms with van der Waals surface area (Å²) < 4.78 is 26.4. The van der Waals surface area contributed by atoms with E-state index in [-0.39, 0.29) is 18.5 Å². The second kappa shape index (κ2) is 11.9. The molecular weight excluding hydrogens is 497 g/mol. The average Bonchev–Trinajstić information content (AvgIpc) is 2.72. The number of sulfonamides is 1. The summed E-state index contributed by atoms with van der Waals surface area (Å²) in [5.41, 5.74) is 1.73. The molecule has 0 saturated heterocycles. The first kappa shape index (κ1) is 28.0. The van der Waals surface area contributed by atoms with Gasteiger partial charge in [-0.05, 0) is 68.7 Å². The van der Waals surface area contributed by atoms with Crippen molar-refractivity contribution in [2.45, 2.75) is 52.7 Å². The van der Waals surface area contributed by atoms with Crippen LogP contribution in [0, 0.1) is 6.92 Å². The quantitative estimate of drug-likeness (QED) is 0.495. The zero-order valence-corrected chi connectivity index (χ0v) is 22.3. The smallest absolute Gasteiger partial charge is 0.244 e. The highest BCUT2D eigenvalue weighted by Gasteiger charge is 2.32. The standard InChI is InChI=1S/C24H31Cl2N3O4S/c1-6-21(24(31)27-16(2)3)28(14-18-7-9-19(25)10-8-18)23(30)15-29(34(5,32)33)22-12-11-20(26)13-17(22)4/h7-13,16,21H,6,14-15H2,1-5H3,(H,27,31). The van der Waals surface area contributed by atoms with Crippen LogP contribution >= 0.6 is 23.2 Å². The monoisotopic (exact) mass is 527 g/mol. The van der Waals surface area contributed by atoms with Crippen LogP contribution in [0.4, 0.5) is 5.69 Å². The number of nitrogens with zero attached hydrogens (tertiary/aromatic N) is 2. The third-order valence-electron chi connectivity index (χ3n) is 5.19. The Bertz CT molecular complexity index is 1120. The van der Waals surface area contributed by atoms with Gasteiger partial charge in [-0.15, -0.1) is 0 Å². The molecular formula is C24H31Cl2N3O4S. The lowest BCUT2D eigenvalue weighted by Gasteiger charge is -2.33. The van der Waals surface area contributed by atoms with Gasteiger partial charge >= 0.3 is 0 Å². The van der Waals surface area contributed by atoms with E-state index in [0.717, 1.165) is 16.1 Å².